The van der Waals surface area contributed by atoms with Crippen LogP contribution in [0.25, 0.3) is 0 Å². The third kappa shape index (κ3) is 1.03. The molecule has 1 aliphatic rings. The van der Waals surface area contributed by atoms with E-state index in [1.54, 1.807) is 0 Å². The molecule has 1 fully saturated rings. The average Bonchev–Trinajstić information content (AvgIpc) is 2.75. The quantitative estimate of drug-likeness (QED) is 0.682. The second-order valence-corrected chi connectivity index (χ2v) is 2.84. The highest BCUT2D eigenvalue weighted by molar-refractivity contribution is 5.87. The number of rotatable bonds is 2. The predicted octanol–water partition coefficient (Wildman–Crippen LogP) is 0.832. The summed E-state index contributed by atoms with van der Waals surface area (Å²) in [5.41, 5.74) is 5.21. The van der Waals surface area contributed by atoms with Gasteiger partial charge in [0.25, 0.3) is 6.01 Å². The summed E-state index contributed by atoms with van der Waals surface area (Å²) in [7, 11) is 0. The van der Waals surface area contributed by atoms with E-state index < -0.39 is 5.97 Å². The van der Waals surface area contributed by atoms with Gasteiger partial charge in [-0.1, -0.05) is 0 Å². The van der Waals surface area contributed by atoms with Crippen LogP contribution < -0.4 is 5.73 Å². The lowest BCUT2D eigenvalue weighted by Crippen LogP contribution is -2.00. The van der Waals surface area contributed by atoms with Crippen LogP contribution >= 0.6 is 0 Å². The first-order valence-electron chi connectivity index (χ1n) is 3.68. The highest BCUT2D eigenvalue weighted by Crippen LogP contribution is 2.42. The molecular formula is C7H8N2O3. The minimum atomic E-state index is -1.07. The lowest BCUT2D eigenvalue weighted by atomic mass is 10.2. The summed E-state index contributed by atoms with van der Waals surface area (Å²) in [5, 5.41) is 8.68. The van der Waals surface area contributed by atoms with Gasteiger partial charge in [0.1, 0.15) is 5.76 Å². The number of carbonyl (C=O) groups is 1. The SMILES string of the molecule is Nc1nc(C(=O)O)c(C2CC2)o1. The van der Waals surface area contributed by atoms with E-state index in [0.29, 0.717) is 5.76 Å². The molecule has 12 heavy (non-hydrogen) atoms. The second kappa shape index (κ2) is 2.23. The van der Waals surface area contributed by atoms with Gasteiger partial charge in [-0.15, -0.1) is 0 Å². The highest BCUT2D eigenvalue weighted by Gasteiger charge is 2.33. The zero-order valence-electron chi connectivity index (χ0n) is 6.28. The number of hydrogen-bond acceptors (Lipinski definition) is 4. The van der Waals surface area contributed by atoms with Crippen molar-refractivity contribution in [3.05, 3.63) is 11.5 Å². The van der Waals surface area contributed by atoms with Gasteiger partial charge in [-0.3, -0.25) is 0 Å². The first-order valence-corrected chi connectivity index (χ1v) is 3.68. The Morgan fingerprint density at radius 3 is 2.83 bits per heavy atom. The molecule has 0 unspecified atom stereocenters. The van der Waals surface area contributed by atoms with Crippen LogP contribution in [0.15, 0.2) is 4.42 Å². The van der Waals surface area contributed by atoms with Crippen LogP contribution in [0.5, 0.6) is 0 Å². The molecule has 0 amide bonds. The first kappa shape index (κ1) is 7.15. The van der Waals surface area contributed by atoms with Crippen LogP contribution in [0.1, 0.15) is 35.0 Å². The van der Waals surface area contributed by atoms with E-state index in [4.69, 9.17) is 15.3 Å². The Labute approximate surface area is 68.2 Å². The molecule has 5 heteroatoms. The highest BCUT2D eigenvalue weighted by atomic mass is 16.4. The molecule has 0 aromatic carbocycles. The number of anilines is 1. The van der Waals surface area contributed by atoms with Crippen LogP contribution in [-0.4, -0.2) is 16.1 Å². The Hall–Kier alpha value is -1.52. The minimum absolute atomic E-state index is 0.0324. The first-order chi connectivity index (χ1) is 5.68. The summed E-state index contributed by atoms with van der Waals surface area (Å²) in [4.78, 5) is 14.2. The molecule has 1 saturated carbocycles. The zero-order valence-corrected chi connectivity index (χ0v) is 6.28. The number of aromatic nitrogens is 1. The van der Waals surface area contributed by atoms with Crippen molar-refractivity contribution in [3.63, 3.8) is 0 Å². The second-order valence-electron chi connectivity index (χ2n) is 2.84. The van der Waals surface area contributed by atoms with Crippen LogP contribution in [-0.2, 0) is 0 Å². The summed E-state index contributed by atoms with van der Waals surface area (Å²) >= 11 is 0. The normalized spacial score (nSPS) is 16.3. The third-order valence-electron chi connectivity index (χ3n) is 1.82. The topological polar surface area (TPSA) is 89.3 Å². The average molecular weight is 168 g/mol. The van der Waals surface area contributed by atoms with Crippen molar-refractivity contribution in [2.45, 2.75) is 18.8 Å². The maximum Gasteiger partial charge on any atom is 0.358 e. The van der Waals surface area contributed by atoms with Gasteiger partial charge in [-0.25, -0.2) is 4.79 Å². The van der Waals surface area contributed by atoms with E-state index >= 15 is 0 Å². The smallest absolute Gasteiger partial charge is 0.358 e. The molecule has 3 N–H and O–H groups in total. The van der Waals surface area contributed by atoms with Gasteiger partial charge in [0, 0.05) is 5.92 Å². The number of oxazole rings is 1. The van der Waals surface area contributed by atoms with Gasteiger partial charge >= 0.3 is 5.97 Å². The lowest BCUT2D eigenvalue weighted by Gasteiger charge is -1.89. The van der Waals surface area contributed by atoms with E-state index in [1.165, 1.54) is 0 Å². The van der Waals surface area contributed by atoms with E-state index in [2.05, 4.69) is 4.98 Å². The standard InChI is InChI=1S/C7H8N2O3/c8-7-9-4(6(10)11)5(12-7)3-1-2-3/h3H,1-2H2,(H2,8,9)(H,10,11). The molecule has 1 aliphatic carbocycles. The Kier molecular flexibility index (Phi) is 1.33. The van der Waals surface area contributed by atoms with Crippen LogP contribution in [0.3, 0.4) is 0 Å². The molecular weight excluding hydrogens is 160 g/mol. The molecule has 5 nitrogen and oxygen atoms in total. The zero-order chi connectivity index (χ0) is 8.72. The molecule has 1 aromatic rings. The van der Waals surface area contributed by atoms with Crippen molar-refractivity contribution >= 4 is 12.0 Å². The van der Waals surface area contributed by atoms with Gasteiger partial charge in [-0.05, 0) is 12.8 Å². The Morgan fingerprint density at radius 1 is 1.67 bits per heavy atom. The summed E-state index contributed by atoms with van der Waals surface area (Å²) in [6.45, 7) is 0. The number of nitrogens with zero attached hydrogens (tertiary/aromatic N) is 1. The maximum atomic E-state index is 10.6. The molecule has 2 rings (SSSR count). The van der Waals surface area contributed by atoms with Gasteiger partial charge in [0.05, 0.1) is 0 Å². The van der Waals surface area contributed by atoms with Crippen molar-refractivity contribution in [1.29, 1.82) is 0 Å². The fourth-order valence-corrected chi connectivity index (χ4v) is 1.12. The monoisotopic (exact) mass is 168 g/mol. The van der Waals surface area contributed by atoms with E-state index in [1.807, 2.05) is 0 Å². The molecule has 1 aromatic heterocycles. The van der Waals surface area contributed by atoms with Gasteiger partial charge in [0.15, 0.2) is 5.69 Å². The molecule has 64 valence electrons. The van der Waals surface area contributed by atoms with Gasteiger partial charge in [-0.2, -0.15) is 4.98 Å². The number of nitrogen functional groups attached to an aromatic ring is 1. The summed E-state index contributed by atoms with van der Waals surface area (Å²) in [6, 6.07) is -0.0608. The van der Waals surface area contributed by atoms with Crippen LogP contribution in [0.4, 0.5) is 6.01 Å². The Bertz CT molecular complexity index is 327. The fraction of sp³-hybridized carbons (Fsp3) is 0.429. The fourth-order valence-electron chi connectivity index (χ4n) is 1.12. The predicted molar refractivity (Wildman–Crippen MR) is 39.8 cm³/mol. The summed E-state index contributed by atoms with van der Waals surface area (Å²) < 4.78 is 4.99. The van der Waals surface area contributed by atoms with Crippen molar-refractivity contribution in [3.8, 4) is 0 Å². The number of hydrogen-bond donors (Lipinski definition) is 2. The van der Waals surface area contributed by atoms with Crippen molar-refractivity contribution in [1.82, 2.24) is 4.98 Å². The number of carboxylic acids is 1. The van der Waals surface area contributed by atoms with Crippen molar-refractivity contribution < 1.29 is 14.3 Å². The molecule has 0 atom stereocenters. The molecule has 0 aliphatic heterocycles. The van der Waals surface area contributed by atoms with E-state index in [-0.39, 0.29) is 17.6 Å². The third-order valence-corrected chi connectivity index (χ3v) is 1.82. The minimum Gasteiger partial charge on any atom is -0.476 e. The summed E-state index contributed by atoms with van der Waals surface area (Å²) in [5.74, 6) is -0.418. The molecule has 1 heterocycles. The number of aromatic carboxylic acids is 1. The maximum absolute atomic E-state index is 10.6. The molecule has 0 saturated heterocycles. The van der Waals surface area contributed by atoms with Crippen molar-refractivity contribution in [2.24, 2.45) is 0 Å². The van der Waals surface area contributed by atoms with E-state index in [0.717, 1.165) is 12.8 Å². The number of nitrogens with two attached hydrogens (primary N) is 1. The largest absolute Gasteiger partial charge is 0.476 e. The summed E-state index contributed by atoms with van der Waals surface area (Å²) in [6.07, 6.45) is 1.93. The van der Waals surface area contributed by atoms with Crippen LogP contribution in [0, 0.1) is 0 Å². The molecule has 0 radical (unpaired) electrons. The lowest BCUT2D eigenvalue weighted by molar-refractivity contribution is 0.0688. The van der Waals surface area contributed by atoms with E-state index in [9.17, 15) is 4.79 Å². The Balaban J connectivity index is 2.43. The van der Waals surface area contributed by atoms with Gasteiger partial charge < -0.3 is 15.3 Å². The van der Waals surface area contributed by atoms with Crippen molar-refractivity contribution in [2.75, 3.05) is 5.73 Å². The molecule has 0 spiro atoms. The number of carboxylic acid groups (broad SMARTS) is 1. The van der Waals surface area contributed by atoms with Gasteiger partial charge in [0.2, 0.25) is 0 Å². The molecule has 0 bridgehead atoms. The van der Waals surface area contributed by atoms with Crippen LogP contribution in [0.2, 0.25) is 0 Å². The Morgan fingerprint density at radius 2 is 2.33 bits per heavy atom.